The van der Waals surface area contributed by atoms with Crippen LogP contribution >= 0.6 is 0 Å². The van der Waals surface area contributed by atoms with Crippen LogP contribution in [-0.4, -0.2) is 16.2 Å². The van der Waals surface area contributed by atoms with E-state index in [1.165, 1.54) is 0 Å². The summed E-state index contributed by atoms with van der Waals surface area (Å²) in [6.07, 6.45) is 0. The third kappa shape index (κ3) is 1.60. The molecule has 5 heteroatoms. The number of aliphatic hydroxyl groups excluding tert-OH is 1. The van der Waals surface area contributed by atoms with E-state index in [1.54, 1.807) is 18.2 Å². The molecule has 0 spiro atoms. The summed E-state index contributed by atoms with van der Waals surface area (Å²) in [4.78, 5) is 11.3. The first-order chi connectivity index (χ1) is 8.28. The molecular weight excluding hydrogens is 222 g/mol. The zero-order valence-electron chi connectivity index (χ0n) is 8.84. The number of benzene rings is 1. The number of hydrogen-bond acceptors (Lipinski definition) is 5. The molecule has 0 bridgehead atoms. The van der Waals surface area contributed by atoms with E-state index in [4.69, 9.17) is 14.4 Å². The third-order valence-electron chi connectivity index (χ3n) is 2.69. The van der Waals surface area contributed by atoms with Gasteiger partial charge < -0.3 is 14.4 Å². The summed E-state index contributed by atoms with van der Waals surface area (Å²) in [6.45, 7) is 0.117. The highest BCUT2D eigenvalue weighted by atomic mass is 16.5. The molecule has 1 N–H and O–H groups in total. The highest BCUT2D eigenvalue weighted by molar-refractivity contribution is 5.94. The van der Waals surface area contributed by atoms with Crippen molar-refractivity contribution < 1.29 is 19.2 Å². The van der Waals surface area contributed by atoms with Crippen molar-refractivity contribution in [2.24, 2.45) is 0 Å². The van der Waals surface area contributed by atoms with Gasteiger partial charge in [0, 0.05) is 17.2 Å². The number of hydrogen-bond donors (Lipinski definition) is 1. The first-order valence-corrected chi connectivity index (χ1v) is 5.15. The van der Waals surface area contributed by atoms with Gasteiger partial charge >= 0.3 is 5.97 Å². The molecule has 1 aromatic heterocycles. The van der Waals surface area contributed by atoms with E-state index in [-0.39, 0.29) is 12.6 Å². The number of carbonyl (C=O) groups is 1. The summed E-state index contributed by atoms with van der Waals surface area (Å²) in [5.74, 6) is 0.121. The molecule has 3 rings (SSSR count). The first kappa shape index (κ1) is 10.0. The van der Waals surface area contributed by atoms with Crippen LogP contribution in [0.3, 0.4) is 0 Å². The lowest BCUT2D eigenvalue weighted by Gasteiger charge is -1.97. The summed E-state index contributed by atoms with van der Waals surface area (Å²) < 4.78 is 9.83. The predicted molar refractivity (Wildman–Crippen MR) is 57.0 cm³/mol. The van der Waals surface area contributed by atoms with Gasteiger partial charge in [-0.15, -0.1) is 0 Å². The molecule has 0 aliphatic carbocycles. The van der Waals surface area contributed by atoms with Crippen molar-refractivity contribution in [1.82, 2.24) is 5.16 Å². The van der Waals surface area contributed by atoms with Crippen LogP contribution in [0, 0.1) is 0 Å². The van der Waals surface area contributed by atoms with Crippen molar-refractivity contribution in [2.45, 2.75) is 13.2 Å². The van der Waals surface area contributed by atoms with Crippen molar-refractivity contribution in [3.8, 4) is 11.3 Å². The minimum atomic E-state index is -0.289. The largest absolute Gasteiger partial charge is 0.457 e. The second-order valence-electron chi connectivity index (χ2n) is 3.78. The number of ether oxygens (including phenoxy) is 1. The normalized spacial score (nSPS) is 13.6. The highest BCUT2D eigenvalue weighted by Gasteiger charge is 2.21. The number of rotatable bonds is 2. The Balaban J connectivity index is 2.02. The fourth-order valence-electron chi connectivity index (χ4n) is 1.82. The van der Waals surface area contributed by atoms with Gasteiger partial charge in [0.15, 0.2) is 5.76 Å². The van der Waals surface area contributed by atoms with Crippen LogP contribution in [0.2, 0.25) is 0 Å². The van der Waals surface area contributed by atoms with Crippen LogP contribution in [0.4, 0.5) is 0 Å². The Kier molecular flexibility index (Phi) is 2.19. The fourth-order valence-corrected chi connectivity index (χ4v) is 1.82. The Labute approximate surface area is 96.6 Å². The van der Waals surface area contributed by atoms with Crippen molar-refractivity contribution in [2.75, 3.05) is 0 Å². The maximum atomic E-state index is 11.3. The molecule has 0 unspecified atom stereocenters. The lowest BCUT2D eigenvalue weighted by Crippen LogP contribution is -1.92. The quantitative estimate of drug-likeness (QED) is 0.793. The van der Waals surface area contributed by atoms with Gasteiger partial charge in [-0.25, -0.2) is 4.79 Å². The Hall–Kier alpha value is -2.14. The lowest BCUT2D eigenvalue weighted by atomic mass is 10.0. The van der Waals surface area contributed by atoms with Crippen LogP contribution in [-0.2, 0) is 18.0 Å². The van der Waals surface area contributed by atoms with Crippen LogP contribution in [0.25, 0.3) is 11.3 Å². The number of aromatic nitrogens is 1. The number of esters is 1. The number of carbonyl (C=O) groups excluding carboxylic acids is 1. The second kappa shape index (κ2) is 3.71. The molecule has 0 amide bonds. The molecule has 2 heterocycles. The highest BCUT2D eigenvalue weighted by Crippen LogP contribution is 2.26. The maximum absolute atomic E-state index is 11.3. The van der Waals surface area contributed by atoms with Gasteiger partial charge in [0.05, 0.1) is 5.56 Å². The second-order valence-corrected chi connectivity index (χ2v) is 3.78. The Morgan fingerprint density at radius 3 is 3.00 bits per heavy atom. The topological polar surface area (TPSA) is 72.6 Å². The van der Waals surface area contributed by atoms with E-state index < -0.39 is 0 Å². The van der Waals surface area contributed by atoms with Crippen molar-refractivity contribution >= 4 is 5.97 Å². The molecule has 0 saturated carbocycles. The Morgan fingerprint density at radius 1 is 1.35 bits per heavy atom. The van der Waals surface area contributed by atoms with E-state index in [0.29, 0.717) is 23.6 Å². The number of cyclic esters (lactones) is 1. The van der Waals surface area contributed by atoms with Crippen molar-refractivity contribution in [1.29, 1.82) is 0 Å². The van der Waals surface area contributed by atoms with E-state index in [0.717, 1.165) is 11.1 Å². The third-order valence-corrected chi connectivity index (χ3v) is 2.69. The molecule has 5 nitrogen and oxygen atoms in total. The molecule has 0 saturated heterocycles. The van der Waals surface area contributed by atoms with Gasteiger partial charge in [-0.2, -0.15) is 0 Å². The zero-order valence-corrected chi connectivity index (χ0v) is 8.84. The molecule has 0 radical (unpaired) electrons. The number of nitrogens with zero attached hydrogens (tertiary/aromatic N) is 1. The smallest absolute Gasteiger partial charge is 0.338 e. The molecule has 17 heavy (non-hydrogen) atoms. The van der Waals surface area contributed by atoms with Gasteiger partial charge in [0.25, 0.3) is 0 Å². The summed E-state index contributed by atoms with van der Waals surface area (Å²) in [6, 6.07) is 7.01. The molecule has 1 aromatic carbocycles. The zero-order chi connectivity index (χ0) is 11.8. The summed E-state index contributed by atoms with van der Waals surface area (Å²) in [5, 5.41) is 12.7. The average Bonchev–Trinajstić information content (AvgIpc) is 2.96. The number of aliphatic hydroxyl groups is 1. The SMILES string of the molecule is O=C1OCc2cc(-c3cc(CO)on3)ccc21. The standard InChI is InChI=1S/C12H9NO4/c14-5-9-4-11(13-17-9)7-1-2-10-8(3-7)6-16-12(10)15/h1-4,14H,5-6H2. The van der Waals surface area contributed by atoms with Crippen molar-refractivity contribution in [3.05, 3.63) is 41.2 Å². The van der Waals surface area contributed by atoms with Crippen LogP contribution < -0.4 is 0 Å². The fraction of sp³-hybridized carbons (Fsp3) is 0.167. The monoisotopic (exact) mass is 231 g/mol. The summed E-state index contributed by atoms with van der Waals surface area (Å²) in [5.41, 5.74) is 2.92. The van der Waals surface area contributed by atoms with Gasteiger partial charge in [0.2, 0.25) is 0 Å². The molecular formula is C12H9NO4. The van der Waals surface area contributed by atoms with Crippen LogP contribution in [0.1, 0.15) is 21.7 Å². The van der Waals surface area contributed by atoms with E-state index in [2.05, 4.69) is 5.16 Å². The van der Waals surface area contributed by atoms with E-state index in [1.807, 2.05) is 6.07 Å². The molecule has 86 valence electrons. The van der Waals surface area contributed by atoms with Gasteiger partial charge in [-0.1, -0.05) is 11.2 Å². The molecule has 2 aromatic rings. The Bertz CT molecular complexity index is 588. The summed E-state index contributed by atoms with van der Waals surface area (Å²) in [7, 11) is 0. The first-order valence-electron chi connectivity index (χ1n) is 5.15. The molecule has 1 aliphatic heterocycles. The lowest BCUT2D eigenvalue weighted by molar-refractivity contribution is 0.0535. The molecule has 0 atom stereocenters. The van der Waals surface area contributed by atoms with Crippen LogP contribution in [0.15, 0.2) is 28.8 Å². The predicted octanol–water partition coefficient (Wildman–Crippen LogP) is 1.50. The minimum Gasteiger partial charge on any atom is -0.457 e. The minimum absolute atomic E-state index is 0.181. The Morgan fingerprint density at radius 2 is 2.24 bits per heavy atom. The summed E-state index contributed by atoms with van der Waals surface area (Å²) >= 11 is 0. The van der Waals surface area contributed by atoms with Crippen molar-refractivity contribution in [3.63, 3.8) is 0 Å². The van der Waals surface area contributed by atoms with Gasteiger partial charge in [0.1, 0.15) is 18.9 Å². The van der Waals surface area contributed by atoms with Gasteiger partial charge in [-0.05, 0) is 12.1 Å². The van der Waals surface area contributed by atoms with Gasteiger partial charge in [-0.3, -0.25) is 0 Å². The maximum Gasteiger partial charge on any atom is 0.338 e. The number of fused-ring (bicyclic) bond motifs is 1. The average molecular weight is 231 g/mol. The van der Waals surface area contributed by atoms with E-state index >= 15 is 0 Å². The van der Waals surface area contributed by atoms with Crippen LogP contribution in [0.5, 0.6) is 0 Å². The molecule has 0 fully saturated rings. The molecule has 1 aliphatic rings. The van der Waals surface area contributed by atoms with E-state index in [9.17, 15) is 4.79 Å².